The lowest BCUT2D eigenvalue weighted by Crippen LogP contribution is -2.61. The lowest BCUT2D eigenvalue weighted by molar-refractivity contribution is -0.271. The smallest absolute Gasteiger partial charge is 0.335 e. The van der Waals surface area contributed by atoms with E-state index in [0.717, 1.165) is 19.3 Å². The summed E-state index contributed by atoms with van der Waals surface area (Å²) in [5, 5.41) is 53.5. The molecule has 3 rings (SSSR count). The van der Waals surface area contributed by atoms with Crippen molar-refractivity contribution in [2.24, 2.45) is 5.92 Å². The molecule has 162 valence electrons. The van der Waals surface area contributed by atoms with Crippen molar-refractivity contribution in [3.05, 3.63) is 29.8 Å². The number of nitrogens with one attached hydrogen (secondary N) is 1. The molecule has 6 N–H and O–H groups in total. The van der Waals surface area contributed by atoms with Gasteiger partial charge in [-0.2, -0.15) is 0 Å². The van der Waals surface area contributed by atoms with Crippen LogP contribution < -0.4 is 10.1 Å². The van der Waals surface area contributed by atoms with Gasteiger partial charge in [-0.05, 0) is 37.6 Å². The van der Waals surface area contributed by atoms with E-state index in [1.165, 1.54) is 0 Å². The van der Waals surface area contributed by atoms with Crippen molar-refractivity contribution < 1.29 is 39.8 Å². The molecular weight excluding hydrogens is 382 g/mol. The van der Waals surface area contributed by atoms with E-state index in [1.807, 2.05) is 7.05 Å². The van der Waals surface area contributed by atoms with Crippen LogP contribution in [0.5, 0.6) is 5.75 Å². The number of benzene rings is 1. The number of aliphatic hydroxyl groups excluding tert-OH is 3. The molecule has 0 bridgehead atoms. The summed E-state index contributed by atoms with van der Waals surface area (Å²) in [6.45, 7) is 0.663. The number of carboxylic acids is 1. The van der Waals surface area contributed by atoms with Gasteiger partial charge in [0.2, 0.25) is 6.29 Å². The quantitative estimate of drug-likeness (QED) is 0.366. The molecule has 2 fully saturated rings. The number of hydrogen-bond donors (Lipinski definition) is 6. The first kappa shape index (κ1) is 21.9. The van der Waals surface area contributed by atoms with Crippen LogP contribution in [0.1, 0.15) is 31.2 Å². The van der Waals surface area contributed by atoms with Gasteiger partial charge in [-0.1, -0.05) is 25.0 Å². The second kappa shape index (κ2) is 8.95. The molecule has 9 nitrogen and oxygen atoms in total. The highest BCUT2D eigenvalue weighted by atomic mass is 16.7. The molecule has 0 radical (unpaired) electrons. The summed E-state index contributed by atoms with van der Waals surface area (Å²) in [5.74, 6) is -1.19. The molecule has 0 amide bonds. The topological polar surface area (TPSA) is 149 Å². The maximum atomic E-state index is 11.4. The number of aliphatic hydroxyl groups is 4. The first-order valence-corrected chi connectivity index (χ1v) is 9.84. The Morgan fingerprint density at radius 1 is 1.24 bits per heavy atom. The van der Waals surface area contributed by atoms with Gasteiger partial charge < -0.3 is 40.3 Å². The van der Waals surface area contributed by atoms with E-state index < -0.39 is 42.3 Å². The molecule has 0 aromatic heterocycles. The van der Waals surface area contributed by atoms with E-state index in [-0.39, 0.29) is 11.7 Å². The molecule has 2 aliphatic rings. The minimum Gasteiger partial charge on any atom is -0.479 e. The number of carbonyl (C=O) groups is 1. The average Bonchev–Trinajstić information content (AvgIpc) is 2.70. The Morgan fingerprint density at radius 3 is 2.69 bits per heavy atom. The predicted molar refractivity (Wildman–Crippen MR) is 101 cm³/mol. The average molecular weight is 411 g/mol. The molecule has 0 spiro atoms. The Hall–Kier alpha value is -1.75. The maximum absolute atomic E-state index is 11.4. The Labute approximate surface area is 168 Å². The van der Waals surface area contributed by atoms with Crippen LogP contribution in [-0.2, 0) is 15.1 Å². The Bertz CT molecular complexity index is 713. The zero-order chi connectivity index (χ0) is 21.2. The maximum Gasteiger partial charge on any atom is 0.335 e. The van der Waals surface area contributed by atoms with Crippen molar-refractivity contribution in [2.75, 3.05) is 13.6 Å². The van der Waals surface area contributed by atoms with E-state index in [4.69, 9.17) is 14.6 Å². The lowest BCUT2D eigenvalue weighted by atomic mass is 9.71. The van der Waals surface area contributed by atoms with Gasteiger partial charge in [0.25, 0.3) is 0 Å². The summed E-state index contributed by atoms with van der Waals surface area (Å²) in [6, 6.07) is 6.73. The lowest BCUT2D eigenvalue weighted by Gasteiger charge is -2.41. The Kier molecular flexibility index (Phi) is 6.77. The van der Waals surface area contributed by atoms with Gasteiger partial charge in [0.15, 0.2) is 6.10 Å². The van der Waals surface area contributed by atoms with Crippen LogP contribution in [0.2, 0.25) is 0 Å². The van der Waals surface area contributed by atoms with Gasteiger partial charge in [-0.25, -0.2) is 4.79 Å². The molecule has 1 aromatic rings. The highest BCUT2D eigenvalue weighted by Crippen LogP contribution is 2.42. The summed E-state index contributed by atoms with van der Waals surface area (Å²) >= 11 is 0. The van der Waals surface area contributed by atoms with Gasteiger partial charge in [-0.3, -0.25) is 0 Å². The molecule has 1 aliphatic heterocycles. The molecule has 1 heterocycles. The van der Waals surface area contributed by atoms with Crippen LogP contribution in [0.15, 0.2) is 24.3 Å². The summed E-state index contributed by atoms with van der Waals surface area (Å²) in [6.07, 6.45) is -4.93. The van der Waals surface area contributed by atoms with Gasteiger partial charge in [0, 0.05) is 12.5 Å². The van der Waals surface area contributed by atoms with Crippen molar-refractivity contribution in [3.63, 3.8) is 0 Å². The third-order valence-corrected chi connectivity index (χ3v) is 5.89. The fourth-order valence-corrected chi connectivity index (χ4v) is 4.25. The first-order valence-electron chi connectivity index (χ1n) is 9.84. The van der Waals surface area contributed by atoms with Crippen molar-refractivity contribution in [1.29, 1.82) is 0 Å². The van der Waals surface area contributed by atoms with Gasteiger partial charge >= 0.3 is 5.97 Å². The minimum absolute atomic E-state index is 0.0291. The molecule has 9 heteroatoms. The third-order valence-electron chi connectivity index (χ3n) is 5.89. The highest BCUT2D eigenvalue weighted by molar-refractivity contribution is 5.73. The number of rotatable bonds is 6. The van der Waals surface area contributed by atoms with Crippen molar-refractivity contribution in [3.8, 4) is 5.75 Å². The van der Waals surface area contributed by atoms with Crippen molar-refractivity contribution in [1.82, 2.24) is 5.32 Å². The predicted octanol–water partition coefficient (Wildman–Crippen LogP) is -0.445. The zero-order valence-corrected chi connectivity index (χ0v) is 16.3. The van der Waals surface area contributed by atoms with E-state index >= 15 is 0 Å². The molecule has 1 saturated carbocycles. The molecule has 29 heavy (non-hydrogen) atoms. The second-order valence-corrected chi connectivity index (χ2v) is 7.81. The number of aliphatic carboxylic acids is 1. The van der Waals surface area contributed by atoms with E-state index in [0.29, 0.717) is 18.5 Å². The Morgan fingerprint density at radius 2 is 2.00 bits per heavy atom. The van der Waals surface area contributed by atoms with Crippen LogP contribution in [0.25, 0.3) is 0 Å². The Balaban J connectivity index is 1.81. The fraction of sp³-hybridized carbons (Fsp3) is 0.650. The molecule has 1 saturated heterocycles. The standard InChI is InChI=1S/C20H29NO8/c1-21-10-12-5-2-3-8-20(12,27)11-6-4-7-13(9-11)28-19-16(24)14(22)15(23)17(29-19)18(25)26/h4,6-7,9,12,14-17,19,21-24,27H,2-3,5,8,10H2,1H3,(H,25,26)/t12-,14-,15-,16+,17-,19+,20+/m0/s1. The molecule has 1 aliphatic carbocycles. The third kappa shape index (κ3) is 4.40. The summed E-state index contributed by atoms with van der Waals surface area (Å²) in [4.78, 5) is 11.2. The fourth-order valence-electron chi connectivity index (χ4n) is 4.25. The molecule has 7 atom stereocenters. The number of carboxylic acid groups (broad SMARTS) is 1. The van der Waals surface area contributed by atoms with E-state index in [9.17, 15) is 25.2 Å². The monoisotopic (exact) mass is 411 g/mol. The van der Waals surface area contributed by atoms with E-state index in [1.54, 1.807) is 24.3 Å². The zero-order valence-electron chi connectivity index (χ0n) is 16.3. The van der Waals surface area contributed by atoms with Crippen LogP contribution in [0, 0.1) is 5.92 Å². The largest absolute Gasteiger partial charge is 0.479 e. The summed E-state index contributed by atoms with van der Waals surface area (Å²) < 4.78 is 10.8. The number of ether oxygens (including phenoxy) is 2. The van der Waals surface area contributed by atoms with Crippen molar-refractivity contribution >= 4 is 5.97 Å². The van der Waals surface area contributed by atoms with Crippen LogP contribution in [-0.4, -0.2) is 75.8 Å². The first-order chi connectivity index (χ1) is 13.8. The number of hydrogen-bond acceptors (Lipinski definition) is 8. The van der Waals surface area contributed by atoms with Gasteiger partial charge in [0.05, 0.1) is 5.60 Å². The minimum atomic E-state index is -1.78. The second-order valence-electron chi connectivity index (χ2n) is 7.81. The van der Waals surface area contributed by atoms with E-state index in [2.05, 4.69) is 5.32 Å². The normalized spacial score (nSPS) is 37.8. The molecule has 1 aromatic carbocycles. The highest BCUT2D eigenvalue weighted by Gasteiger charge is 2.48. The molecular formula is C20H29NO8. The molecule has 0 unspecified atom stereocenters. The van der Waals surface area contributed by atoms with Crippen LogP contribution in [0.3, 0.4) is 0 Å². The van der Waals surface area contributed by atoms with Gasteiger partial charge in [-0.15, -0.1) is 0 Å². The van der Waals surface area contributed by atoms with Crippen LogP contribution in [0.4, 0.5) is 0 Å². The summed E-state index contributed by atoms with van der Waals surface area (Å²) in [5.41, 5.74) is -0.373. The SMILES string of the molecule is CNC[C@@H]1CCCC[C@@]1(O)c1cccc(O[C@@H]2O[C@H](C(=O)O)[C@@H](O)[C@H](O)[C@H]2O)c1. The van der Waals surface area contributed by atoms with Crippen LogP contribution >= 0.6 is 0 Å². The van der Waals surface area contributed by atoms with Gasteiger partial charge in [0.1, 0.15) is 24.1 Å². The summed E-state index contributed by atoms with van der Waals surface area (Å²) in [7, 11) is 1.84. The van der Waals surface area contributed by atoms with Crippen molar-refractivity contribution in [2.45, 2.75) is 62.0 Å².